The van der Waals surface area contributed by atoms with Crippen LogP contribution in [0.5, 0.6) is 0 Å². The molecule has 4 rings (SSSR count). The van der Waals surface area contributed by atoms with E-state index in [0.717, 1.165) is 28.4 Å². The van der Waals surface area contributed by atoms with Crippen molar-refractivity contribution in [3.05, 3.63) is 69.4 Å². The first-order chi connectivity index (χ1) is 16.4. The topological polar surface area (TPSA) is 88.8 Å². The van der Waals surface area contributed by atoms with Gasteiger partial charge in [-0.1, -0.05) is 29.4 Å². The number of aryl methyl sites for hydroxylation is 1. The minimum Gasteiger partial charge on any atom is -0.349 e. The number of likely N-dealkylation sites (N-methyl/N-ethyl adjacent to an activating group) is 1. The van der Waals surface area contributed by atoms with Crippen LogP contribution in [0.2, 0.25) is 5.02 Å². The molecule has 0 bridgehead atoms. The number of rotatable bonds is 9. The SMILES string of the molecule is Cc1ccc(Cl)cc1-n1c(SCc2nc(C(=O)NCCN(C)C)cs2)nnc1-c1cccnc1. The van der Waals surface area contributed by atoms with Gasteiger partial charge in [-0.25, -0.2) is 4.98 Å². The number of carbonyl (C=O) groups excluding carboxylic acids is 1. The summed E-state index contributed by atoms with van der Waals surface area (Å²) in [7, 11) is 3.93. The van der Waals surface area contributed by atoms with Gasteiger partial charge in [0, 0.05) is 41.4 Å². The first kappa shape index (κ1) is 24.3. The summed E-state index contributed by atoms with van der Waals surface area (Å²) in [5.74, 6) is 1.08. The second-order valence-corrected chi connectivity index (χ2v) is 10.1. The third-order valence-corrected chi connectivity index (χ3v) is 7.13. The molecule has 1 amide bonds. The van der Waals surface area contributed by atoms with E-state index in [9.17, 15) is 4.79 Å². The summed E-state index contributed by atoms with van der Waals surface area (Å²) in [6, 6.07) is 9.56. The number of carbonyl (C=O) groups is 1. The molecule has 4 aromatic rings. The fourth-order valence-electron chi connectivity index (χ4n) is 3.18. The number of amides is 1. The molecule has 1 aromatic carbocycles. The standard InChI is InChI=1S/C23H24ClN7OS2/c1-15-6-7-17(24)11-19(15)31-21(16-5-4-8-25-12-16)28-29-23(31)34-14-20-27-18(13-33-20)22(32)26-9-10-30(2)3/h4-8,11-13H,9-10,14H2,1-3H3,(H,26,32). The zero-order valence-corrected chi connectivity index (χ0v) is 21.4. The Balaban J connectivity index is 1.56. The number of hydrogen-bond acceptors (Lipinski definition) is 8. The lowest BCUT2D eigenvalue weighted by molar-refractivity contribution is 0.0946. The van der Waals surface area contributed by atoms with Crippen molar-refractivity contribution in [3.8, 4) is 17.1 Å². The lowest BCUT2D eigenvalue weighted by Crippen LogP contribution is -2.31. The number of halogens is 1. The average Bonchev–Trinajstić information content (AvgIpc) is 3.47. The van der Waals surface area contributed by atoms with Crippen molar-refractivity contribution in [2.45, 2.75) is 17.8 Å². The second-order valence-electron chi connectivity index (χ2n) is 7.79. The molecule has 34 heavy (non-hydrogen) atoms. The van der Waals surface area contributed by atoms with E-state index in [1.165, 1.54) is 23.1 Å². The van der Waals surface area contributed by atoms with Gasteiger partial charge in [0.25, 0.3) is 5.91 Å². The van der Waals surface area contributed by atoms with Crippen molar-refractivity contribution in [1.29, 1.82) is 0 Å². The van der Waals surface area contributed by atoms with E-state index in [-0.39, 0.29) is 5.91 Å². The smallest absolute Gasteiger partial charge is 0.270 e. The minimum atomic E-state index is -0.161. The number of benzene rings is 1. The summed E-state index contributed by atoms with van der Waals surface area (Å²) >= 11 is 9.28. The van der Waals surface area contributed by atoms with Crippen molar-refractivity contribution in [3.63, 3.8) is 0 Å². The predicted octanol–water partition coefficient (Wildman–Crippen LogP) is 4.33. The molecule has 11 heteroatoms. The molecule has 0 aliphatic heterocycles. The van der Waals surface area contributed by atoms with Gasteiger partial charge in [-0.2, -0.15) is 0 Å². The summed E-state index contributed by atoms with van der Waals surface area (Å²) in [5.41, 5.74) is 3.23. The highest BCUT2D eigenvalue weighted by atomic mass is 35.5. The molecule has 0 unspecified atom stereocenters. The van der Waals surface area contributed by atoms with Gasteiger partial charge in [-0.05, 0) is 50.8 Å². The molecule has 0 atom stereocenters. The Morgan fingerprint density at radius 3 is 2.88 bits per heavy atom. The van der Waals surface area contributed by atoms with Gasteiger partial charge < -0.3 is 10.2 Å². The van der Waals surface area contributed by atoms with Crippen LogP contribution in [0.25, 0.3) is 17.1 Å². The molecule has 176 valence electrons. The Morgan fingerprint density at radius 1 is 1.26 bits per heavy atom. The van der Waals surface area contributed by atoms with Gasteiger partial charge in [0.15, 0.2) is 11.0 Å². The summed E-state index contributed by atoms with van der Waals surface area (Å²) in [6.45, 7) is 3.37. The molecule has 0 fully saturated rings. The first-order valence-electron chi connectivity index (χ1n) is 10.5. The summed E-state index contributed by atoms with van der Waals surface area (Å²) in [6.07, 6.45) is 3.48. The highest BCUT2D eigenvalue weighted by Crippen LogP contribution is 2.32. The van der Waals surface area contributed by atoms with Crippen LogP contribution >= 0.6 is 34.7 Å². The van der Waals surface area contributed by atoms with Crippen LogP contribution in [-0.2, 0) is 5.75 Å². The van der Waals surface area contributed by atoms with Gasteiger partial charge in [-0.15, -0.1) is 21.5 Å². The summed E-state index contributed by atoms with van der Waals surface area (Å²) in [4.78, 5) is 23.1. The molecule has 0 saturated carbocycles. The van der Waals surface area contributed by atoms with Crippen LogP contribution in [0, 0.1) is 6.92 Å². The van der Waals surface area contributed by atoms with Crippen molar-refractivity contribution in [2.75, 3.05) is 27.2 Å². The van der Waals surface area contributed by atoms with Crippen LogP contribution in [0.15, 0.2) is 53.3 Å². The van der Waals surface area contributed by atoms with E-state index in [2.05, 4.69) is 25.5 Å². The van der Waals surface area contributed by atoms with Crippen LogP contribution < -0.4 is 5.32 Å². The Morgan fingerprint density at radius 2 is 2.12 bits per heavy atom. The number of pyridine rings is 1. The summed E-state index contributed by atoms with van der Waals surface area (Å²) in [5, 5.41) is 15.8. The largest absolute Gasteiger partial charge is 0.349 e. The third kappa shape index (κ3) is 5.82. The Bertz CT molecular complexity index is 1270. The molecular weight excluding hydrogens is 490 g/mol. The highest BCUT2D eigenvalue weighted by Gasteiger charge is 2.19. The monoisotopic (exact) mass is 513 g/mol. The van der Waals surface area contributed by atoms with Gasteiger partial charge in [0.1, 0.15) is 10.7 Å². The number of nitrogens with zero attached hydrogens (tertiary/aromatic N) is 6. The number of thiazole rings is 1. The molecule has 0 spiro atoms. The van der Waals surface area contributed by atoms with Gasteiger partial charge in [-0.3, -0.25) is 14.3 Å². The molecule has 0 aliphatic carbocycles. The first-order valence-corrected chi connectivity index (χ1v) is 12.8. The molecule has 1 N–H and O–H groups in total. The number of hydrogen-bond donors (Lipinski definition) is 1. The van der Waals surface area contributed by atoms with Crippen molar-refractivity contribution < 1.29 is 4.79 Å². The normalized spacial score (nSPS) is 11.2. The van der Waals surface area contributed by atoms with Gasteiger partial charge in [0.2, 0.25) is 0 Å². The maximum Gasteiger partial charge on any atom is 0.270 e. The van der Waals surface area contributed by atoms with Crippen LogP contribution in [-0.4, -0.2) is 62.7 Å². The lowest BCUT2D eigenvalue weighted by Gasteiger charge is -2.13. The summed E-state index contributed by atoms with van der Waals surface area (Å²) < 4.78 is 1.99. The van der Waals surface area contributed by atoms with E-state index in [0.29, 0.717) is 34.0 Å². The van der Waals surface area contributed by atoms with Gasteiger partial charge in [0.05, 0.1) is 11.4 Å². The minimum absolute atomic E-state index is 0.161. The number of aromatic nitrogens is 5. The maximum absolute atomic E-state index is 12.3. The third-order valence-electron chi connectivity index (χ3n) is 4.92. The number of thioether (sulfide) groups is 1. The molecule has 3 heterocycles. The van der Waals surface area contributed by atoms with Crippen LogP contribution in [0.4, 0.5) is 0 Å². The van der Waals surface area contributed by atoms with E-state index in [4.69, 9.17) is 11.6 Å². The number of nitrogens with one attached hydrogen (secondary N) is 1. The molecule has 0 radical (unpaired) electrons. The molecule has 0 aliphatic rings. The van der Waals surface area contributed by atoms with Crippen LogP contribution in [0.1, 0.15) is 21.1 Å². The van der Waals surface area contributed by atoms with Gasteiger partial charge >= 0.3 is 0 Å². The average molecular weight is 514 g/mol. The van der Waals surface area contributed by atoms with Crippen molar-refractivity contribution in [2.24, 2.45) is 0 Å². The van der Waals surface area contributed by atoms with Crippen molar-refractivity contribution >= 4 is 40.6 Å². The fourth-order valence-corrected chi connectivity index (χ4v) is 5.08. The molecule has 8 nitrogen and oxygen atoms in total. The zero-order valence-electron chi connectivity index (χ0n) is 19.0. The van der Waals surface area contributed by atoms with Crippen LogP contribution in [0.3, 0.4) is 0 Å². The second kappa shape index (κ2) is 11.1. The molecular formula is C23H24ClN7OS2. The molecule has 3 aromatic heterocycles. The van der Waals surface area contributed by atoms with E-state index in [1.54, 1.807) is 17.8 Å². The zero-order chi connectivity index (χ0) is 24.1. The lowest BCUT2D eigenvalue weighted by atomic mass is 10.2. The van der Waals surface area contributed by atoms with E-state index >= 15 is 0 Å². The quantitative estimate of drug-likeness (QED) is 0.333. The Labute approximate surface area is 211 Å². The predicted molar refractivity (Wildman–Crippen MR) is 137 cm³/mol. The Kier molecular flexibility index (Phi) is 7.94. The van der Waals surface area contributed by atoms with E-state index < -0.39 is 0 Å². The fraction of sp³-hybridized carbons (Fsp3) is 0.261. The van der Waals surface area contributed by atoms with Crippen molar-refractivity contribution in [1.82, 2.24) is 34.9 Å². The maximum atomic E-state index is 12.3. The van der Waals surface area contributed by atoms with E-state index in [1.807, 2.05) is 60.8 Å². The highest BCUT2D eigenvalue weighted by molar-refractivity contribution is 7.98. The molecule has 0 saturated heterocycles. The Hall–Kier alpha value is -2.79.